The number of aromatic nitrogens is 1. The molecule has 0 aliphatic heterocycles. The second-order valence-electron chi connectivity index (χ2n) is 4.35. The van der Waals surface area contributed by atoms with E-state index in [0.717, 1.165) is 22.0 Å². The average molecular weight is 241 g/mol. The maximum atomic E-state index is 12.8. The largest absolute Gasteiger partial charge is 0.508 e. The molecule has 0 atom stereocenters. The molecular weight excluding hydrogens is 229 g/mol. The predicted molar refractivity (Wildman–Crippen MR) is 69.2 cm³/mol. The summed E-state index contributed by atoms with van der Waals surface area (Å²) in [4.78, 5) is 3.16. The van der Waals surface area contributed by atoms with E-state index in [2.05, 4.69) is 4.98 Å². The highest BCUT2D eigenvalue weighted by atomic mass is 19.1. The number of hydrogen-bond donors (Lipinski definition) is 2. The summed E-state index contributed by atoms with van der Waals surface area (Å²) in [5.74, 6) is 0.0257. The molecule has 2 N–H and O–H groups in total. The summed E-state index contributed by atoms with van der Waals surface area (Å²) >= 11 is 0. The third-order valence-electron chi connectivity index (χ3n) is 3.06. The molecule has 1 aromatic heterocycles. The fourth-order valence-electron chi connectivity index (χ4n) is 2.13. The summed E-state index contributed by atoms with van der Waals surface area (Å²) in [7, 11) is 0. The van der Waals surface area contributed by atoms with Gasteiger partial charge < -0.3 is 10.1 Å². The van der Waals surface area contributed by atoms with Crippen LogP contribution in [0.2, 0.25) is 0 Å². The number of phenolic OH excluding ortho intramolecular Hbond substituents is 1. The van der Waals surface area contributed by atoms with Gasteiger partial charge in [-0.1, -0.05) is 12.1 Å². The number of aromatic hydroxyl groups is 1. The molecule has 0 fully saturated rings. The van der Waals surface area contributed by atoms with Crippen molar-refractivity contribution in [2.45, 2.75) is 6.42 Å². The molecule has 0 amide bonds. The van der Waals surface area contributed by atoms with Crippen LogP contribution in [0.15, 0.2) is 48.7 Å². The Morgan fingerprint density at radius 2 is 1.83 bits per heavy atom. The first kappa shape index (κ1) is 10.8. The van der Waals surface area contributed by atoms with Crippen molar-refractivity contribution in [1.82, 2.24) is 4.98 Å². The fourth-order valence-corrected chi connectivity index (χ4v) is 2.13. The van der Waals surface area contributed by atoms with Gasteiger partial charge in [0.15, 0.2) is 0 Å². The van der Waals surface area contributed by atoms with Crippen molar-refractivity contribution in [3.05, 3.63) is 65.6 Å². The summed E-state index contributed by atoms with van der Waals surface area (Å²) in [6.45, 7) is 0. The monoisotopic (exact) mass is 241 g/mol. The van der Waals surface area contributed by atoms with E-state index >= 15 is 0 Å². The molecular formula is C15H12FNO. The van der Waals surface area contributed by atoms with E-state index < -0.39 is 0 Å². The van der Waals surface area contributed by atoms with Crippen LogP contribution in [-0.4, -0.2) is 10.1 Å². The summed E-state index contributed by atoms with van der Waals surface area (Å²) < 4.78 is 12.8. The molecule has 3 rings (SSSR count). The van der Waals surface area contributed by atoms with Gasteiger partial charge in [-0.25, -0.2) is 4.39 Å². The van der Waals surface area contributed by atoms with E-state index in [1.807, 2.05) is 12.3 Å². The molecule has 0 saturated carbocycles. The highest BCUT2D eigenvalue weighted by Gasteiger charge is 2.05. The van der Waals surface area contributed by atoms with Crippen LogP contribution in [0.4, 0.5) is 4.39 Å². The van der Waals surface area contributed by atoms with Gasteiger partial charge in [-0.15, -0.1) is 0 Å². The van der Waals surface area contributed by atoms with Gasteiger partial charge in [-0.3, -0.25) is 0 Å². The molecule has 3 heteroatoms. The maximum Gasteiger partial charge on any atom is 0.123 e. The molecule has 2 nitrogen and oxygen atoms in total. The van der Waals surface area contributed by atoms with Gasteiger partial charge in [0.05, 0.1) is 0 Å². The number of hydrogen-bond acceptors (Lipinski definition) is 1. The van der Waals surface area contributed by atoms with Crippen LogP contribution >= 0.6 is 0 Å². The van der Waals surface area contributed by atoms with Crippen molar-refractivity contribution in [2.24, 2.45) is 0 Å². The molecule has 0 bridgehead atoms. The van der Waals surface area contributed by atoms with Crippen LogP contribution in [0.3, 0.4) is 0 Å². The smallest absolute Gasteiger partial charge is 0.123 e. The van der Waals surface area contributed by atoms with E-state index in [4.69, 9.17) is 0 Å². The average Bonchev–Trinajstić information content (AvgIpc) is 2.75. The Morgan fingerprint density at radius 3 is 2.61 bits per heavy atom. The van der Waals surface area contributed by atoms with Gasteiger partial charge in [-0.2, -0.15) is 0 Å². The second-order valence-corrected chi connectivity index (χ2v) is 4.35. The number of benzene rings is 2. The highest BCUT2D eigenvalue weighted by Crippen LogP contribution is 2.24. The highest BCUT2D eigenvalue weighted by molar-refractivity contribution is 5.84. The number of halogens is 1. The van der Waals surface area contributed by atoms with Crippen LogP contribution < -0.4 is 0 Å². The number of fused-ring (bicyclic) bond motifs is 1. The summed E-state index contributed by atoms with van der Waals surface area (Å²) in [5, 5.41) is 10.5. The van der Waals surface area contributed by atoms with E-state index in [0.29, 0.717) is 6.42 Å². The molecule has 18 heavy (non-hydrogen) atoms. The summed E-state index contributed by atoms with van der Waals surface area (Å²) in [5.41, 5.74) is 3.12. The minimum Gasteiger partial charge on any atom is -0.508 e. The minimum absolute atomic E-state index is 0.227. The van der Waals surface area contributed by atoms with Crippen LogP contribution in [-0.2, 0) is 6.42 Å². The lowest BCUT2D eigenvalue weighted by Crippen LogP contribution is -1.86. The molecule has 1 heterocycles. The predicted octanol–water partition coefficient (Wildman–Crippen LogP) is 3.60. The molecule has 0 saturated heterocycles. The third-order valence-corrected chi connectivity index (χ3v) is 3.06. The number of aromatic amines is 1. The second kappa shape index (κ2) is 4.18. The first-order valence-corrected chi connectivity index (χ1v) is 5.76. The molecule has 2 aromatic carbocycles. The Morgan fingerprint density at radius 1 is 1.06 bits per heavy atom. The maximum absolute atomic E-state index is 12.8. The van der Waals surface area contributed by atoms with E-state index in [-0.39, 0.29) is 11.6 Å². The lowest BCUT2D eigenvalue weighted by Gasteiger charge is -2.01. The Balaban J connectivity index is 1.99. The standard InChI is InChI=1S/C15H12FNO/c16-12-3-1-10(2-4-12)7-11-9-17-15-6-5-13(18)8-14(11)15/h1-6,8-9,17-18H,7H2. The summed E-state index contributed by atoms with van der Waals surface area (Å²) in [6.07, 6.45) is 2.64. The van der Waals surface area contributed by atoms with Gasteiger partial charge >= 0.3 is 0 Å². The van der Waals surface area contributed by atoms with Gasteiger partial charge in [-0.05, 0) is 47.9 Å². The third kappa shape index (κ3) is 1.95. The number of phenols is 1. The Kier molecular flexibility index (Phi) is 2.52. The zero-order chi connectivity index (χ0) is 12.5. The van der Waals surface area contributed by atoms with Crippen molar-refractivity contribution < 1.29 is 9.50 Å². The van der Waals surface area contributed by atoms with Crippen molar-refractivity contribution in [3.8, 4) is 5.75 Å². The molecule has 0 radical (unpaired) electrons. The minimum atomic E-state index is -0.227. The zero-order valence-electron chi connectivity index (χ0n) is 9.65. The van der Waals surface area contributed by atoms with E-state index in [9.17, 15) is 9.50 Å². The number of rotatable bonds is 2. The first-order valence-electron chi connectivity index (χ1n) is 5.76. The molecule has 3 aromatic rings. The SMILES string of the molecule is Oc1ccc2[nH]cc(Cc3ccc(F)cc3)c2c1. The van der Waals surface area contributed by atoms with E-state index in [1.54, 1.807) is 24.3 Å². The van der Waals surface area contributed by atoms with E-state index in [1.165, 1.54) is 12.1 Å². The quantitative estimate of drug-likeness (QED) is 0.706. The van der Waals surface area contributed by atoms with Crippen molar-refractivity contribution in [1.29, 1.82) is 0 Å². The number of H-pyrrole nitrogens is 1. The lowest BCUT2D eigenvalue weighted by atomic mass is 10.0. The van der Waals surface area contributed by atoms with Crippen molar-refractivity contribution in [3.63, 3.8) is 0 Å². The van der Waals surface area contributed by atoms with Crippen LogP contribution in [0, 0.1) is 5.82 Å². The molecule has 0 spiro atoms. The van der Waals surface area contributed by atoms with Crippen LogP contribution in [0.1, 0.15) is 11.1 Å². The summed E-state index contributed by atoms with van der Waals surface area (Å²) in [6, 6.07) is 11.7. The first-order chi connectivity index (χ1) is 8.72. The van der Waals surface area contributed by atoms with Gasteiger partial charge in [0.1, 0.15) is 11.6 Å². The molecule has 90 valence electrons. The Bertz CT molecular complexity index is 685. The topological polar surface area (TPSA) is 36.0 Å². The fraction of sp³-hybridized carbons (Fsp3) is 0.0667. The van der Waals surface area contributed by atoms with Crippen LogP contribution in [0.5, 0.6) is 5.75 Å². The normalized spacial score (nSPS) is 10.9. The molecule has 0 aliphatic carbocycles. The Hall–Kier alpha value is -2.29. The lowest BCUT2D eigenvalue weighted by molar-refractivity contribution is 0.476. The van der Waals surface area contributed by atoms with Gasteiger partial charge in [0.2, 0.25) is 0 Å². The molecule has 0 aliphatic rings. The number of nitrogens with one attached hydrogen (secondary N) is 1. The molecule has 0 unspecified atom stereocenters. The van der Waals surface area contributed by atoms with Crippen molar-refractivity contribution >= 4 is 10.9 Å². The Labute approximate surface area is 104 Å². The van der Waals surface area contributed by atoms with Gasteiger partial charge in [0.25, 0.3) is 0 Å². The van der Waals surface area contributed by atoms with Crippen molar-refractivity contribution in [2.75, 3.05) is 0 Å². The zero-order valence-corrected chi connectivity index (χ0v) is 9.65. The van der Waals surface area contributed by atoms with Crippen LogP contribution in [0.25, 0.3) is 10.9 Å². The van der Waals surface area contributed by atoms with Gasteiger partial charge in [0, 0.05) is 17.1 Å².